The molecule has 1 atom stereocenters. The second-order valence-electron chi connectivity index (χ2n) is 3.74. The van der Waals surface area contributed by atoms with Crippen LogP contribution >= 0.6 is 27.3 Å². The van der Waals surface area contributed by atoms with E-state index in [9.17, 15) is 0 Å². The van der Waals surface area contributed by atoms with E-state index < -0.39 is 0 Å². The van der Waals surface area contributed by atoms with Crippen molar-refractivity contribution in [2.24, 2.45) is 0 Å². The van der Waals surface area contributed by atoms with Gasteiger partial charge in [-0.1, -0.05) is 46.3 Å². The Labute approximate surface area is 109 Å². The summed E-state index contributed by atoms with van der Waals surface area (Å²) in [5.41, 5.74) is 3.27. The fourth-order valence-corrected chi connectivity index (χ4v) is 2.92. The van der Waals surface area contributed by atoms with Gasteiger partial charge in [0.1, 0.15) is 0 Å². The van der Waals surface area contributed by atoms with E-state index in [1.807, 2.05) is 11.7 Å². The second kappa shape index (κ2) is 6.16. The van der Waals surface area contributed by atoms with Crippen LogP contribution in [0.25, 0.3) is 0 Å². The molecule has 1 nitrogen and oxygen atoms in total. The molecule has 0 saturated heterocycles. The lowest BCUT2D eigenvalue weighted by molar-refractivity contribution is 0.734. The van der Waals surface area contributed by atoms with Gasteiger partial charge < -0.3 is 0 Å². The van der Waals surface area contributed by atoms with Gasteiger partial charge in [0, 0.05) is 15.9 Å². The SMILES string of the molecule is BrC(CCCc1cncs1)c1ccccc1. The van der Waals surface area contributed by atoms with Gasteiger partial charge in [-0.05, 0) is 24.8 Å². The van der Waals surface area contributed by atoms with Crippen molar-refractivity contribution in [1.29, 1.82) is 0 Å². The molecule has 1 unspecified atom stereocenters. The molecule has 16 heavy (non-hydrogen) atoms. The lowest BCUT2D eigenvalue weighted by atomic mass is 10.1. The van der Waals surface area contributed by atoms with Crippen molar-refractivity contribution in [2.75, 3.05) is 0 Å². The molecule has 2 aromatic rings. The van der Waals surface area contributed by atoms with Crippen LogP contribution in [0.4, 0.5) is 0 Å². The van der Waals surface area contributed by atoms with E-state index in [1.54, 1.807) is 11.3 Å². The zero-order valence-electron chi connectivity index (χ0n) is 8.97. The first-order valence-corrected chi connectivity index (χ1v) is 7.22. The molecule has 0 radical (unpaired) electrons. The van der Waals surface area contributed by atoms with Gasteiger partial charge >= 0.3 is 0 Å². The minimum Gasteiger partial charge on any atom is -0.253 e. The van der Waals surface area contributed by atoms with Crippen LogP contribution in [-0.4, -0.2) is 4.98 Å². The number of alkyl halides is 1. The Morgan fingerprint density at radius 1 is 1.25 bits per heavy atom. The smallest absolute Gasteiger partial charge is 0.0794 e. The Balaban J connectivity index is 1.78. The van der Waals surface area contributed by atoms with Gasteiger partial charge in [-0.2, -0.15) is 0 Å². The number of hydrogen-bond donors (Lipinski definition) is 0. The van der Waals surface area contributed by atoms with Crippen LogP contribution in [0.15, 0.2) is 42.0 Å². The molecule has 0 spiro atoms. The molecule has 0 N–H and O–H groups in total. The number of aryl methyl sites for hydroxylation is 1. The third-order valence-electron chi connectivity index (χ3n) is 2.53. The van der Waals surface area contributed by atoms with Gasteiger partial charge in [0.15, 0.2) is 0 Å². The zero-order valence-corrected chi connectivity index (χ0v) is 11.4. The summed E-state index contributed by atoms with van der Waals surface area (Å²) >= 11 is 5.48. The molecule has 2 rings (SSSR count). The number of aromatic nitrogens is 1. The highest BCUT2D eigenvalue weighted by Gasteiger charge is 2.06. The van der Waals surface area contributed by atoms with Crippen LogP contribution in [0.2, 0.25) is 0 Å². The summed E-state index contributed by atoms with van der Waals surface area (Å²) in [5, 5.41) is 0. The lowest BCUT2D eigenvalue weighted by Gasteiger charge is -2.09. The highest BCUT2D eigenvalue weighted by atomic mass is 79.9. The molecule has 0 aliphatic rings. The molecule has 0 bridgehead atoms. The quantitative estimate of drug-likeness (QED) is 0.735. The summed E-state index contributed by atoms with van der Waals surface area (Å²) in [6.07, 6.45) is 5.48. The summed E-state index contributed by atoms with van der Waals surface area (Å²) in [7, 11) is 0. The molecule has 0 saturated carbocycles. The van der Waals surface area contributed by atoms with E-state index in [4.69, 9.17) is 0 Å². The Morgan fingerprint density at radius 2 is 2.06 bits per heavy atom. The van der Waals surface area contributed by atoms with Crippen molar-refractivity contribution in [3.63, 3.8) is 0 Å². The van der Waals surface area contributed by atoms with Gasteiger partial charge in [0.05, 0.1) is 5.51 Å². The van der Waals surface area contributed by atoms with Gasteiger partial charge in [0.25, 0.3) is 0 Å². The van der Waals surface area contributed by atoms with E-state index in [1.165, 1.54) is 23.3 Å². The molecule has 84 valence electrons. The molecule has 0 amide bonds. The van der Waals surface area contributed by atoms with Gasteiger partial charge in [-0.3, -0.25) is 4.98 Å². The maximum atomic E-state index is 4.08. The van der Waals surface area contributed by atoms with Crippen molar-refractivity contribution in [1.82, 2.24) is 4.98 Å². The Bertz CT molecular complexity index is 399. The summed E-state index contributed by atoms with van der Waals surface area (Å²) in [6, 6.07) is 10.6. The average Bonchev–Trinajstić information content (AvgIpc) is 2.83. The predicted octanol–water partition coefficient (Wildman–Crippen LogP) is 4.60. The summed E-state index contributed by atoms with van der Waals surface area (Å²) < 4.78 is 0. The van der Waals surface area contributed by atoms with Crippen LogP contribution < -0.4 is 0 Å². The van der Waals surface area contributed by atoms with Crippen molar-refractivity contribution < 1.29 is 0 Å². The van der Waals surface area contributed by atoms with Gasteiger partial charge in [-0.15, -0.1) is 11.3 Å². The minimum absolute atomic E-state index is 0.474. The number of rotatable bonds is 5. The molecule has 0 aliphatic carbocycles. The first-order valence-electron chi connectivity index (χ1n) is 5.42. The fourth-order valence-electron chi connectivity index (χ4n) is 1.65. The van der Waals surface area contributed by atoms with Gasteiger partial charge in [-0.25, -0.2) is 0 Å². The normalized spacial score (nSPS) is 12.6. The Hall–Kier alpha value is -0.670. The molecule has 0 aliphatic heterocycles. The molecule has 1 heterocycles. The lowest BCUT2D eigenvalue weighted by Crippen LogP contribution is -1.91. The molecule has 0 fully saturated rings. The number of nitrogens with zero attached hydrogens (tertiary/aromatic N) is 1. The average molecular weight is 296 g/mol. The third-order valence-corrected chi connectivity index (χ3v) is 4.35. The van der Waals surface area contributed by atoms with Crippen molar-refractivity contribution in [2.45, 2.75) is 24.1 Å². The minimum atomic E-state index is 0.474. The summed E-state index contributed by atoms with van der Waals surface area (Å²) in [5.74, 6) is 0. The van der Waals surface area contributed by atoms with E-state index >= 15 is 0 Å². The topological polar surface area (TPSA) is 12.9 Å². The molecular formula is C13H14BrNS. The number of thiazole rings is 1. The van der Waals surface area contributed by atoms with Crippen molar-refractivity contribution in [3.8, 4) is 0 Å². The largest absolute Gasteiger partial charge is 0.253 e. The van der Waals surface area contributed by atoms with Gasteiger partial charge in [0.2, 0.25) is 0 Å². The first kappa shape index (κ1) is 11.8. The van der Waals surface area contributed by atoms with Crippen LogP contribution in [0.3, 0.4) is 0 Å². The molecular weight excluding hydrogens is 282 g/mol. The Morgan fingerprint density at radius 3 is 2.75 bits per heavy atom. The second-order valence-corrected chi connectivity index (χ2v) is 5.81. The van der Waals surface area contributed by atoms with E-state index in [0.29, 0.717) is 4.83 Å². The predicted molar refractivity (Wildman–Crippen MR) is 73.2 cm³/mol. The number of benzene rings is 1. The zero-order chi connectivity index (χ0) is 11.2. The van der Waals surface area contributed by atoms with Crippen LogP contribution in [-0.2, 0) is 6.42 Å². The number of halogens is 1. The summed E-state index contributed by atoms with van der Waals surface area (Å²) in [4.78, 5) is 5.94. The van der Waals surface area contributed by atoms with E-state index in [2.05, 4.69) is 51.2 Å². The maximum Gasteiger partial charge on any atom is 0.0794 e. The van der Waals surface area contributed by atoms with Crippen LogP contribution in [0.1, 0.15) is 28.1 Å². The van der Waals surface area contributed by atoms with Crippen LogP contribution in [0, 0.1) is 0 Å². The number of hydrogen-bond acceptors (Lipinski definition) is 2. The summed E-state index contributed by atoms with van der Waals surface area (Å²) in [6.45, 7) is 0. The standard InChI is InChI=1S/C13H14BrNS/c14-13(11-5-2-1-3-6-11)8-4-7-12-9-15-10-16-12/h1-3,5-6,9-10,13H,4,7-8H2. The monoisotopic (exact) mass is 295 g/mol. The van der Waals surface area contributed by atoms with Crippen molar-refractivity contribution in [3.05, 3.63) is 52.5 Å². The first-order chi connectivity index (χ1) is 7.86. The maximum absolute atomic E-state index is 4.08. The molecule has 1 aromatic heterocycles. The fraction of sp³-hybridized carbons (Fsp3) is 0.308. The highest BCUT2D eigenvalue weighted by molar-refractivity contribution is 9.09. The van der Waals surface area contributed by atoms with E-state index in [0.717, 1.165) is 6.42 Å². The van der Waals surface area contributed by atoms with E-state index in [-0.39, 0.29) is 0 Å². The molecule has 1 aromatic carbocycles. The van der Waals surface area contributed by atoms with Crippen molar-refractivity contribution >= 4 is 27.3 Å². The Kier molecular flexibility index (Phi) is 4.55. The molecule has 3 heteroatoms. The highest BCUT2D eigenvalue weighted by Crippen LogP contribution is 2.28. The third kappa shape index (κ3) is 3.42. The van der Waals surface area contributed by atoms with Crippen LogP contribution in [0.5, 0.6) is 0 Å².